The molecule has 3 aromatic rings. The molecular weight excluding hydrogens is 408 g/mol. The van der Waals surface area contributed by atoms with E-state index >= 15 is 0 Å². The number of Topliss-reactive ketones (excluding diaryl/α,β-unsaturated/α-hetero) is 1. The lowest BCUT2D eigenvalue weighted by Gasteiger charge is -2.23. The van der Waals surface area contributed by atoms with Crippen LogP contribution in [0.4, 0.5) is 0 Å². The largest absolute Gasteiger partial charge is 0.507 e. The SMILES string of the molecule is CCCOc1ccc(/C(O)=C2/C(=O)C(=O)N(Cc3ccncc3)C2c2ccc(C)o2)cc1. The van der Waals surface area contributed by atoms with Gasteiger partial charge in [-0.25, -0.2) is 0 Å². The molecule has 1 N–H and O–H groups in total. The summed E-state index contributed by atoms with van der Waals surface area (Å²) < 4.78 is 11.4. The summed E-state index contributed by atoms with van der Waals surface area (Å²) in [6.45, 7) is 4.57. The van der Waals surface area contributed by atoms with Gasteiger partial charge in [-0.05, 0) is 67.4 Å². The van der Waals surface area contributed by atoms with E-state index in [1.165, 1.54) is 4.90 Å². The third kappa shape index (κ3) is 4.14. The van der Waals surface area contributed by atoms with Crippen molar-refractivity contribution in [2.75, 3.05) is 6.61 Å². The van der Waals surface area contributed by atoms with Gasteiger partial charge < -0.3 is 19.2 Å². The number of rotatable bonds is 7. The molecule has 0 radical (unpaired) electrons. The van der Waals surface area contributed by atoms with Crippen molar-refractivity contribution in [3.05, 3.63) is 89.1 Å². The van der Waals surface area contributed by atoms with Crippen molar-refractivity contribution in [3.8, 4) is 5.75 Å². The topological polar surface area (TPSA) is 92.9 Å². The maximum Gasteiger partial charge on any atom is 0.296 e. The summed E-state index contributed by atoms with van der Waals surface area (Å²) in [4.78, 5) is 31.4. The zero-order valence-electron chi connectivity index (χ0n) is 17.9. The normalized spacial score (nSPS) is 17.7. The molecule has 1 aliphatic heterocycles. The van der Waals surface area contributed by atoms with Gasteiger partial charge in [0.15, 0.2) is 0 Å². The fraction of sp³-hybridized carbons (Fsp3) is 0.240. The van der Waals surface area contributed by atoms with Crippen molar-refractivity contribution in [1.82, 2.24) is 9.88 Å². The number of amides is 1. The molecule has 0 bridgehead atoms. The molecule has 4 rings (SSSR count). The Morgan fingerprint density at radius 1 is 1.09 bits per heavy atom. The highest BCUT2D eigenvalue weighted by atomic mass is 16.5. The van der Waals surface area contributed by atoms with E-state index in [9.17, 15) is 14.7 Å². The van der Waals surface area contributed by atoms with Crippen LogP contribution in [0.25, 0.3) is 5.76 Å². The first kappa shape index (κ1) is 21.4. The van der Waals surface area contributed by atoms with Crippen LogP contribution in [-0.2, 0) is 16.1 Å². The summed E-state index contributed by atoms with van der Waals surface area (Å²) >= 11 is 0. The zero-order valence-corrected chi connectivity index (χ0v) is 17.9. The van der Waals surface area contributed by atoms with Gasteiger partial charge in [0.05, 0.1) is 12.2 Å². The summed E-state index contributed by atoms with van der Waals surface area (Å²) in [5.74, 6) is 0.0424. The predicted octanol–water partition coefficient (Wildman–Crippen LogP) is 4.39. The van der Waals surface area contributed by atoms with Crippen molar-refractivity contribution in [2.24, 2.45) is 0 Å². The zero-order chi connectivity index (χ0) is 22.7. The highest BCUT2D eigenvalue weighted by Crippen LogP contribution is 2.41. The van der Waals surface area contributed by atoms with E-state index in [-0.39, 0.29) is 17.9 Å². The number of aryl methyl sites for hydroxylation is 1. The molecule has 0 spiro atoms. The third-order valence-corrected chi connectivity index (χ3v) is 5.27. The Morgan fingerprint density at radius 2 is 1.81 bits per heavy atom. The standard InChI is InChI=1S/C25H24N2O5/c1-3-14-31-19-7-5-18(6-8-19)23(28)21-22(20-9-4-16(2)32-20)27(25(30)24(21)29)15-17-10-12-26-13-11-17/h4-13,22,28H,3,14-15H2,1-2H3/b23-21-. The molecule has 1 amide bonds. The van der Waals surface area contributed by atoms with E-state index in [1.807, 2.05) is 6.92 Å². The minimum Gasteiger partial charge on any atom is -0.507 e. The summed E-state index contributed by atoms with van der Waals surface area (Å²) in [5, 5.41) is 11.1. The maximum atomic E-state index is 13.0. The predicted molar refractivity (Wildman–Crippen MR) is 118 cm³/mol. The Bertz CT molecular complexity index is 1150. The van der Waals surface area contributed by atoms with Crippen LogP contribution in [0.5, 0.6) is 5.75 Å². The van der Waals surface area contributed by atoms with Crippen molar-refractivity contribution >= 4 is 17.4 Å². The Labute approximate surface area is 186 Å². The second-order valence-electron chi connectivity index (χ2n) is 7.60. The first-order valence-corrected chi connectivity index (χ1v) is 10.5. The summed E-state index contributed by atoms with van der Waals surface area (Å²) in [6, 6.07) is 13.0. The van der Waals surface area contributed by atoms with Gasteiger partial charge >= 0.3 is 0 Å². The van der Waals surface area contributed by atoms with Crippen LogP contribution in [-0.4, -0.2) is 33.3 Å². The highest BCUT2D eigenvalue weighted by molar-refractivity contribution is 6.46. The second-order valence-corrected chi connectivity index (χ2v) is 7.60. The van der Waals surface area contributed by atoms with Gasteiger partial charge in [-0.1, -0.05) is 6.92 Å². The van der Waals surface area contributed by atoms with E-state index < -0.39 is 17.7 Å². The monoisotopic (exact) mass is 432 g/mol. The van der Waals surface area contributed by atoms with Gasteiger partial charge in [-0.15, -0.1) is 0 Å². The summed E-state index contributed by atoms with van der Waals surface area (Å²) in [5.41, 5.74) is 1.23. The molecule has 164 valence electrons. The minimum atomic E-state index is -0.840. The van der Waals surface area contributed by atoms with E-state index in [1.54, 1.807) is 67.8 Å². The molecule has 32 heavy (non-hydrogen) atoms. The number of aliphatic hydroxyl groups excluding tert-OH is 1. The van der Waals surface area contributed by atoms with E-state index in [0.717, 1.165) is 12.0 Å². The van der Waals surface area contributed by atoms with E-state index in [0.29, 0.717) is 29.4 Å². The first-order chi connectivity index (χ1) is 15.5. The maximum absolute atomic E-state index is 13.0. The number of pyridine rings is 1. The number of likely N-dealkylation sites (tertiary alicyclic amines) is 1. The van der Waals surface area contributed by atoms with Crippen molar-refractivity contribution in [3.63, 3.8) is 0 Å². The summed E-state index contributed by atoms with van der Waals surface area (Å²) in [7, 11) is 0. The number of hydrogen-bond acceptors (Lipinski definition) is 6. The average Bonchev–Trinajstić information content (AvgIpc) is 3.34. The number of aliphatic hydroxyl groups is 1. The van der Waals surface area contributed by atoms with Gasteiger partial charge in [-0.3, -0.25) is 14.6 Å². The van der Waals surface area contributed by atoms with Crippen LogP contribution in [0.3, 0.4) is 0 Å². The van der Waals surface area contributed by atoms with Crippen LogP contribution >= 0.6 is 0 Å². The molecule has 0 aliphatic carbocycles. The number of carbonyl (C=O) groups excluding carboxylic acids is 2. The Morgan fingerprint density at radius 3 is 2.44 bits per heavy atom. The quantitative estimate of drug-likeness (QED) is 0.338. The molecular formula is C25H24N2O5. The number of ether oxygens (including phenoxy) is 1. The van der Waals surface area contributed by atoms with Gasteiger partial charge in [0.1, 0.15) is 29.1 Å². The summed E-state index contributed by atoms with van der Waals surface area (Å²) in [6.07, 6.45) is 4.13. The number of ketones is 1. The molecule has 1 unspecified atom stereocenters. The average molecular weight is 432 g/mol. The number of nitrogens with zero attached hydrogens (tertiary/aromatic N) is 2. The minimum absolute atomic E-state index is 0.000586. The smallest absolute Gasteiger partial charge is 0.296 e. The van der Waals surface area contributed by atoms with Crippen molar-refractivity contribution in [1.29, 1.82) is 0 Å². The molecule has 3 heterocycles. The van der Waals surface area contributed by atoms with Gasteiger partial charge in [0, 0.05) is 24.5 Å². The Balaban J connectivity index is 1.76. The number of benzene rings is 1. The molecule has 1 aromatic carbocycles. The molecule has 1 aliphatic rings. The number of furan rings is 1. The Kier molecular flexibility index (Phi) is 6.07. The first-order valence-electron chi connectivity index (χ1n) is 10.5. The molecule has 7 heteroatoms. The molecule has 2 aromatic heterocycles. The molecule has 0 saturated carbocycles. The number of aromatic nitrogens is 1. The fourth-order valence-electron chi connectivity index (χ4n) is 3.71. The lowest BCUT2D eigenvalue weighted by atomic mass is 9.99. The van der Waals surface area contributed by atoms with Crippen LogP contribution in [0.15, 0.2) is 70.9 Å². The molecule has 1 saturated heterocycles. The van der Waals surface area contributed by atoms with Crippen LogP contribution < -0.4 is 4.74 Å². The van der Waals surface area contributed by atoms with Crippen LogP contribution in [0.1, 0.15) is 42.0 Å². The van der Waals surface area contributed by atoms with Gasteiger partial charge in [-0.2, -0.15) is 0 Å². The van der Waals surface area contributed by atoms with Crippen LogP contribution in [0, 0.1) is 6.92 Å². The Hall–Kier alpha value is -3.87. The number of carbonyl (C=O) groups is 2. The van der Waals surface area contributed by atoms with E-state index in [4.69, 9.17) is 9.15 Å². The van der Waals surface area contributed by atoms with Crippen LogP contribution in [0.2, 0.25) is 0 Å². The van der Waals surface area contributed by atoms with Crippen molar-refractivity contribution in [2.45, 2.75) is 32.9 Å². The van der Waals surface area contributed by atoms with E-state index in [2.05, 4.69) is 4.98 Å². The highest BCUT2D eigenvalue weighted by Gasteiger charge is 2.47. The van der Waals surface area contributed by atoms with Crippen molar-refractivity contribution < 1.29 is 23.8 Å². The molecule has 1 fully saturated rings. The number of hydrogen-bond donors (Lipinski definition) is 1. The van der Waals surface area contributed by atoms with Gasteiger partial charge in [0.2, 0.25) is 0 Å². The molecule has 1 atom stereocenters. The molecule has 7 nitrogen and oxygen atoms in total. The third-order valence-electron chi connectivity index (χ3n) is 5.27. The lowest BCUT2D eigenvalue weighted by molar-refractivity contribution is -0.140. The fourth-order valence-corrected chi connectivity index (χ4v) is 3.71. The van der Waals surface area contributed by atoms with Gasteiger partial charge in [0.25, 0.3) is 11.7 Å². The lowest BCUT2D eigenvalue weighted by Crippen LogP contribution is -2.29. The second kappa shape index (κ2) is 9.09.